The van der Waals surface area contributed by atoms with Crippen LogP contribution < -0.4 is 0 Å². The van der Waals surface area contributed by atoms with Crippen molar-refractivity contribution in [1.82, 2.24) is 4.90 Å². The van der Waals surface area contributed by atoms with Crippen LogP contribution in [-0.2, 0) is 14.3 Å². The normalized spacial score (nSPS) is 16.5. The van der Waals surface area contributed by atoms with E-state index < -0.39 is 5.60 Å². The van der Waals surface area contributed by atoms with E-state index in [0.29, 0.717) is 19.3 Å². The van der Waals surface area contributed by atoms with E-state index in [1.54, 1.807) is 0 Å². The maximum Gasteiger partial charge on any atom is 0.306 e. The third kappa shape index (κ3) is 6.03. The summed E-state index contributed by atoms with van der Waals surface area (Å²) in [7, 11) is 0. The molecule has 0 spiro atoms. The maximum atomic E-state index is 11.8. The fraction of sp³-hybridized carbons (Fsp3) is 0.857. The minimum atomic E-state index is -0.437. The fourth-order valence-electron chi connectivity index (χ4n) is 2.08. The Morgan fingerprint density at radius 3 is 2.22 bits per heavy atom. The molecule has 1 rings (SSSR count). The zero-order chi connectivity index (χ0) is 13.6. The van der Waals surface area contributed by atoms with E-state index in [0.717, 1.165) is 25.9 Å². The van der Waals surface area contributed by atoms with E-state index in [9.17, 15) is 9.59 Å². The Hall–Kier alpha value is -1.06. The van der Waals surface area contributed by atoms with Crippen molar-refractivity contribution in [2.75, 3.05) is 13.1 Å². The highest BCUT2D eigenvalue weighted by Crippen LogP contribution is 2.13. The summed E-state index contributed by atoms with van der Waals surface area (Å²) in [4.78, 5) is 25.2. The van der Waals surface area contributed by atoms with Gasteiger partial charge in [0.2, 0.25) is 5.91 Å². The highest BCUT2D eigenvalue weighted by Gasteiger charge is 2.18. The molecule has 104 valence electrons. The standard InChI is InChI=1S/C14H25NO3/c1-14(2,3)18-13(17)9-7-8-12(16)15-10-5-4-6-11-15/h4-11H2,1-3H3. The van der Waals surface area contributed by atoms with Crippen LogP contribution >= 0.6 is 0 Å². The van der Waals surface area contributed by atoms with Crippen LogP contribution in [0.2, 0.25) is 0 Å². The van der Waals surface area contributed by atoms with Crippen molar-refractivity contribution < 1.29 is 14.3 Å². The van der Waals surface area contributed by atoms with Gasteiger partial charge in [0.25, 0.3) is 0 Å². The third-order valence-corrected chi connectivity index (χ3v) is 2.90. The second-order valence-corrected chi connectivity index (χ2v) is 5.88. The van der Waals surface area contributed by atoms with E-state index in [1.807, 2.05) is 25.7 Å². The molecular weight excluding hydrogens is 230 g/mol. The van der Waals surface area contributed by atoms with Gasteiger partial charge in [0, 0.05) is 25.9 Å². The van der Waals surface area contributed by atoms with Crippen LogP contribution in [0.25, 0.3) is 0 Å². The predicted octanol–water partition coefficient (Wildman–Crippen LogP) is 2.51. The molecule has 1 amide bonds. The average molecular weight is 255 g/mol. The Kier molecular flexibility index (Phi) is 5.63. The highest BCUT2D eigenvalue weighted by atomic mass is 16.6. The van der Waals surface area contributed by atoms with Gasteiger partial charge in [-0.15, -0.1) is 0 Å². The van der Waals surface area contributed by atoms with Gasteiger partial charge < -0.3 is 9.64 Å². The van der Waals surface area contributed by atoms with Gasteiger partial charge in [-0.25, -0.2) is 0 Å². The Bertz CT molecular complexity index is 288. The van der Waals surface area contributed by atoms with E-state index in [1.165, 1.54) is 6.42 Å². The molecule has 0 aliphatic carbocycles. The van der Waals surface area contributed by atoms with Gasteiger partial charge in [0.1, 0.15) is 5.60 Å². The van der Waals surface area contributed by atoms with Crippen LogP contribution in [0, 0.1) is 0 Å². The lowest BCUT2D eigenvalue weighted by Gasteiger charge is -2.26. The number of carbonyl (C=O) groups excluding carboxylic acids is 2. The smallest absolute Gasteiger partial charge is 0.306 e. The van der Waals surface area contributed by atoms with Crippen molar-refractivity contribution in [2.45, 2.75) is 64.9 Å². The number of hydrogen-bond donors (Lipinski definition) is 0. The average Bonchev–Trinajstić information content (AvgIpc) is 2.27. The van der Waals surface area contributed by atoms with Crippen LogP contribution in [0.5, 0.6) is 0 Å². The largest absolute Gasteiger partial charge is 0.460 e. The monoisotopic (exact) mass is 255 g/mol. The summed E-state index contributed by atoms with van der Waals surface area (Å²) >= 11 is 0. The summed E-state index contributed by atoms with van der Waals surface area (Å²) in [6, 6.07) is 0. The molecule has 0 aromatic carbocycles. The van der Waals surface area contributed by atoms with Crippen molar-refractivity contribution in [3.05, 3.63) is 0 Å². The Labute approximate surface area is 110 Å². The van der Waals surface area contributed by atoms with E-state index in [4.69, 9.17) is 4.74 Å². The summed E-state index contributed by atoms with van der Waals surface area (Å²) in [6.07, 6.45) is 4.82. The molecule has 0 unspecified atom stereocenters. The van der Waals surface area contributed by atoms with E-state index in [2.05, 4.69) is 0 Å². The van der Waals surface area contributed by atoms with Crippen LogP contribution in [0.1, 0.15) is 59.3 Å². The molecule has 0 N–H and O–H groups in total. The van der Waals surface area contributed by atoms with Crippen molar-refractivity contribution in [3.63, 3.8) is 0 Å². The van der Waals surface area contributed by atoms with Crippen molar-refractivity contribution in [2.24, 2.45) is 0 Å². The number of piperidine rings is 1. The van der Waals surface area contributed by atoms with Crippen LogP contribution in [0.4, 0.5) is 0 Å². The number of esters is 1. The number of likely N-dealkylation sites (tertiary alicyclic amines) is 1. The molecule has 0 atom stereocenters. The minimum absolute atomic E-state index is 0.179. The zero-order valence-corrected chi connectivity index (χ0v) is 11.8. The summed E-state index contributed by atoms with van der Waals surface area (Å²) in [5, 5.41) is 0. The molecule has 0 radical (unpaired) electrons. The third-order valence-electron chi connectivity index (χ3n) is 2.90. The number of nitrogens with zero attached hydrogens (tertiary/aromatic N) is 1. The van der Waals surface area contributed by atoms with Crippen molar-refractivity contribution in [1.29, 1.82) is 0 Å². The SMILES string of the molecule is CC(C)(C)OC(=O)CCCC(=O)N1CCCCC1. The van der Waals surface area contributed by atoms with Crippen LogP contribution in [0.3, 0.4) is 0 Å². The van der Waals surface area contributed by atoms with Gasteiger partial charge in [-0.2, -0.15) is 0 Å². The van der Waals surface area contributed by atoms with Crippen molar-refractivity contribution in [3.8, 4) is 0 Å². The number of carbonyl (C=O) groups is 2. The van der Waals surface area contributed by atoms with Gasteiger partial charge in [0.05, 0.1) is 0 Å². The number of hydrogen-bond acceptors (Lipinski definition) is 3. The summed E-state index contributed by atoms with van der Waals surface area (Å²) in [5.74, 6) is -0.0350. The van der Waals surface area contributed by atoms with Gasteiger partial charge in [0.15, 0.2) is 0 Å². The summed E-state index contributed by atoms with van der Waals surface area (Å²) in [6.45, 7) is 7.31. The maximum absolute atomic E-state index is 11.8. The Balaban J connectivity index is 2.17. The second-order valence-electron chi connectivity index (χ2n) is 5.88. The molecule has 0 aromatic rings. The van der Waals surface area contributed by atoms with Crippen LogP contribution in [-0.4, -0.2) is 35.5 Å². The molecule has 1 aliphatic rings. The van der Waals surface area contributed by atoms with Crippen molar-refractivity contribution >= 4 is 11.9 Å². The summed E-state index contributed by atoms with van der Waals surface area (Å²) < 4.78 is 5.20. The predicted molar refractivity (Wildman–Crippen MR) is 70.1 cm³/mol. The molecule has 1 aliphatic heterocycles. The van der Waals surface area contributed by atoms with E-state index in [-0.39, 0.29) is 11.9 Å². The first-order valence-corrected chi connectivity index (χ1v) is 6.88. The highest BCUT2D eigenvalue weighted by molar-refractivity contribution is 5.77. The van der Waals surface area contributed by atoms with Gasteiger partial charge >= 0.3 is 5.97 Å². The first-order chi connectivity index (χ1) is 8.38. The van der Waals surface area contributed by atoms with Gasteiger partial charge in [-0.1, -0.05) is 0 Å². The molecular formula is C14H25NO3. The number of ether oxygens (including phenoxy) is 1. The first kappa shape index (κ1) is 15.0. The lowest BCUT2D eigenvalue weighted by molar-refractivity contribution is -0.154. The zero-order valence-electron chi connectivity index (χ0n) is 11.8. The molecule has 4 heteroatoms. The van der Waals surface area contributed by atoms with Crippen LogP contribution in [0.15, 0.2) is 0 Å². The second kappa shape index (κ2) is 6.76. The molecule has 4 nitrogen and oxygen atoms in total. The molecule has 1 fully saturated rings. The van der Waals surface area contributed by atoms with Gasteiger partial charge in [-0.05, 0) is 46.5 Å². The quantitative estimate of drug-likeness (QED) is 0.725. The Morgan fingerprint density at radius 1 is 1.06 bits per heavy atom. The number of rotatable bonds is 4. The minimum Gasteiger partial charge on any atom is -0.460 e. The molecule has 0 bridgehead atoms. The van der Waals surface area contributed by atoms with E-state index >= 15 is 0 Å². The molecule has 1 saturated heterocycles. The molecule has 0 aromatic heterocycles. The number of amides is 1. The van der Waals surface area contributed by atoms with Gasteiger partial charge in [-0.3, -0.25) is 9.59 Å². The molecule has 18 heavy (non-hydrogen) atoms. The molecule has 0 saturated carbocycles. The fourth-order valence-corrected chi connectivity index (χ4v) is 2.08. The molecule has 1 heterocycles. The topological polar surface area (TPSA) is 46.6 Å². The Morgan fingerprint density at radius 2 is 1.67 bits per heavy atom. The lowest BCUT2D eigenvalue weighted by Crippen LogP contribution is -2.35. The summed E-state index contributed by atoms with van der Waals surface area (Å²) in [5.41, 5.74) is -0.437. The lowest BCUT2D eigenvalue weighted by atomic mass is 10.1. The first-order valence-electron chi connectivity index (χ1n) is 6.88.